The first kappa shape index (κ1) is 14.8. The van der Waals surface area contributed by atoms with E-state index in [0.717, 1.165) is 32.5 Å². The van der Waals surface area contributed by atoms with Gasteiger partial charge in [0.25, 0.3) is 0 Å². The number of carbonyl (C=O) groups excluding carboxylic acids is 1. The van der Waals surface area contributed by atoms with Gasteiger partial charge in [-0.1, -0.05) is 32.1 Å². The standard InChI is InChI=1S/C15H29N3O/c1-17-9-10-18(14(11-16)12-17)15(19)13-7-5-3-2-4-6-8-13/h13-14H,2-12,16H2,1H3. The molecule has 4 nitrogen and oxygen atoms in total. The number of nitrogens with zero attached hydrogens (tertiary/aromatic N) is 2. The predicted octanol–water partition coefficient (Wildman–Crippen LogP) is 1.45. The second kappa shape index (κ2) is 7.25. The van der Waals surface area contributed by atoms with Crippen LogP contribution in [0.15, 0.2) is 0 Å². The summed E-state index contributed by atoms with van der Waals surface area (Å²) in [5.41, 5.74) is 5.86. The topological polar surface area (TPSA) is 49.6 Å². The molecule has 1 unspecified atom stereocenters. The average molecular weight is 267 g/mol. The average Bonchev–Trinajstić information content (AvgIpc) is 2.37. The zero-order valence-electron chi connectivity index (χ0n) is 12.3. The van der Waals surface area contributed by atoms with Gasteiger partial charge in [0.15, 0.2) is 0 Å². The highest BCUT2D eigenvalue weighted by atomic mass is 16.2. The molecular formula is C15H29N3O. The number of nitrogens with two attached hydrogens (primary N) is 1. The Morgan fingerprint density at radius 2 is 1.74 bits per heavy atom. The first-order chi connectivity index (χ1) is 9.22. The van der Waals surface area contributed by atoms with Crippen molar-refractivity contribution in [2.75, 3.05) is 33.2 Å². The first-order valence-electron chi connectivity index (χ1n) is 7.91. The Morgan fingerprint density at radius 3 is 2.37 bits per heavy atom. The summed E-state index contributed by atoms with van der Waals surface area (Å²) in [6.07, 6.45) is 8.56. The van der Waals surface area contributed by atoms with E-state index >= 15 is 0 Å². The maximum absolute atomic E-state index is 12.7. The normalized spacial score (nSPS) is 27.9. The van der Waals surface area contributed by atoms with Crippen LogP contribution in [0, 0.1) is 5.92 Å². The maximum Gasteiger partial charge on any atom is 0.226 e. The van der Waals surface area contributed by atoms with Crippen LogP contribution >= 0.6 is 0 Å². The summed E-state index contributed by atoms with van der Waals surface area (Å²) in [5.74, 6) is 0.642. The molecule has 0 spiro atoms. The van der Waals surface area contributed by atoms with Crippen LogP contribution < -0.4 is 5.73 Å². The van der Waals surface area contributed by atoms with Crippen LogP contribution in [-0.2, 0) is 4.79 Å². The zero-order valence-corrected chi connectivity index (χ0v) is 12.3. The Bertz CT molecular complexity index is 287. The highest BCUT2D eigenvalue weighted by molar-refractivity contribution is 5.79. The van der Waals surface area contributed by atoms with Crippen molar-refractivity contribution in [3.63, 3.8) is 0 Å². The van der Waals surface area contributed by atoms with Gasteiger partial charge < -0.3 is 15.5 Å². The molecule has 2 aliphatic rings. The van der Waals surface area contributed by atoms with E-state index in [4.69, 9.17) is 5.73 Å². The van der Waals surface area contributed by atoms with E-state index < -0.39 is 0 Å². The van der Waals surface area contributed by atoms with Crippen LogP contribution in [0.5, 0.6) is 0 Å². The summed E-state index contributed by atoms with van der Waals surface area (Å²) >= 11 is 0. The van der Waals surface area contributed by atoms with E-state index in [1.165, 1.54) is 32.1 Å². The Labute approximate surface area is 117 Å². The van der Waals surface area contributed by atoms with Gasteiger partial charge in [-0.2, -0.15) is 0 Å². The highest BCUT2D eigenvalue weighted by Crippen LogP contribution is 2.25. The molecular weight excluding hydrogens is 238 g/mol. The van der Waals surface area contributed by atoms with Gasteiger partial charge in [0.05, 0.1) is 6.04 Å². The van der Waals surface area contributed by atoms with Crippen LogP contribution in [0.4, 0.5) is 0 Å². The van der Waals surface area contributed by atoms with E-state index in [0.29, 0.717) is 12.5 Å². The fourth-order valence-electron chi connectivity index (χ4n) is 3.44. The van der Waals surface area contributed by atoms with Gasteiger partial charge in [-0.25, -0.2) is 0 Å². The quantitative estimate of drug-likeness (QED) is 0.824. The Hall–Kier alpha value is -0.610. The van der Waals surface area contributed by atoms with Crippen molar-refractivity contribution >= 4 is 5.91 Å². The second-order valence-corrected chi connectivity index (χ2v) is 6.23. The molecule has 2 fully saturated rings. The van der Waals surface area contributed by atoms with E-state index in [1.807, 2.05) is 0 Å². The molecule has 0 aromatic carbocycles. The van der Waals surface area contributed by atoms with E-state index in [-0.39, 0.29) is 12.0 Å². The van der Waals surface area contributed by atoms with Crippen molar-refractivity contribution in [3.8, 4) is 0 Å². The molecule has 1 amide bonds. The second-order valence-electron chi connectivity index (χ2n) is 6.23. The number of carbonyl (C=O) groups is 1. The fraction of sp³-hybridized carbons (Fsp3) is 0.933. The summed E-state index contributed by atoms with van der Waals surface area (Å²) in [5, 5.41) is 0. The Morgan fingerprint density at radius 1 is 1.11 bits per heavy atom. The molecule has 1 atom stereocenters. The van der Waals surface area contributed by atoms with E-state index in [2.05, 4.69) is 16.8 Å². The van der Waals surface area contributed by atoms with Crippen LogP contribution in [0.25, 0.3) is 0 Å². The molecule has 110 valence electrons. The van der Waals surface area contributed by atoms with Crippen LogP contribution in [0.2, 0.25) is 0 Å². The lowest BCUT2D eigenvalue weighted by atomic mass is 9.89. The third-order valence-electron chi connectivity index (χ3n) is 4.70. The number of likely N-dealkylation sites (N-methyl/N-ethyl adjacent to an activating group) is 1. The number of hydrogen-bond acceptors (Lipinski definition) is 3. The molecule has 0 bridgehead atoms. The zero-order chi connectivity index (χ0) is 13.7. The van der Waals surface area contributed by atoms with Crippen molar-refractivity contribution in [2.45, 2.75) is 51.0 Å². The smallest absolute Gasteiger partial charge is 0.226 e. The van der Waals surface area contributed by atoms with E-state index in [1.54, 1.807) is 0 Å². The van der Waals surface area contributed by atoms with Gasteiger partial charge in [-0.15, -0.1) is 0 Å². The monoisotopic (exact) mass is 267 g/mol. The van der Waals surface area contributed by atoms with Gasteiger partial charge in [-0.05, 0) is 19.9 Å². The fourth-order valence-corrected chi connectivity index (χ4v) is 3.44. The van der Waals surface area contributed by atoms with Crippen molar-refractivity contribution < 1.29 is 4.79 Å². The minimum absolute atomic E-state index is 0.219. The van der Waals surface area contributed by atoms with Gasteiger partial charge in [0.1, 0.15) is 0 Å². The SMILES string of the molecule is CN1CCN(C(=O)C2CCCCCCC2)C(CN)C1. The molecule has 4 heteroatoms. The minimum Gasteiger partial charge on any atom is -0.336 e. The number of rotatable bonds is 2. The molecule has 2 N–H and O–H groups in total. The van der Waals surface area contributed by atoms with E-state index in [9.17, 15) is 4.79 Å². The summed E-state index contributed by atoms with van der Waals surface area (Å²) < 4.78 is 0. The largest absolute Gasteiger partial charge is 0.336 e. The maximum atomic E-state index is 12.7. The van der Waals surface area contributed by atoms with Crippen molar-refractivity contribution in [1.82, 2.24) is 9.80 Å². The number of hydrogen-bond donors (Lipinski definition) is 1. The molecule has 1 saturated carbocycles. The van der Waals surface area contributed by atoms with Crippen molar-refractivity contribution in [1.29, 1.82) is 0 Å². The van der Waals surface area contributed by atoms with Gasteiger partial charge >= 0.3 is 0 Å². The number of piperazine rings is 1. The highest BCUT2D eigenvalue weighted by Gasteiger charge is 2.32. The molecule has 1 aliphatic carbocycles. The van der Waals surface area contributed by atoms with Gasteiger partial charge in [0.2, 0.25) is 5.91 Å². The molecule has 19 heavy (non-hydrogen) atoms. The summed E-state index contributed by atoms with van der Waals surface area (Å²) in [6.45, 7) is 3.35. The molecule has 0 aromatic heterocycles. The van der Waals surface area contributed by atoms with Gasteiger partial charge in [-0.3, -0.25) is 4.79 Å². The van der Waals surface area contributed by atoms with Crippen LogP contribution in [0.3, 0.4) is 0 Å². The van der Waals surface area contributed by atoms with Crippen LogP contribution in [0.1, 0.15) is 44.9 Å². The Kier molecular flexibility index (Phi) is 5.64. The summed E-state index contributed by atoms with van der Waals surface area (Å²) in [4.78, 5) is 17.1. The lowest BCUT2D eigenvalue weighted by Crippen LogP contribution is -2.58. The molecule has 0 aromatic rings. The molecule has 2 rings (SSSR count). The Balaban J connectivity index is 1.96. The lowest BCUT2D eigenvalue weighted by molar-refractivity contribution is -0.140. The number of amides is 1. The minimum atomic E-state index is 0.219. The molecule has 1 saturated heterocycles. The van der Waals surface area contributed by atoms with Crippen LogP contribution in [-0.4, -0.2) is 55.0 Å². The third-order valence-corrected chi connectivity index (χ3v) is 4.70. The van der Waals surface area contributed by atoms with Gasteiger partial charge in [0, 0.05) is 32.1 Å². The first-order valence-corrected chi connectivity index (χ1v) is 7.91. The summed E-state index contributed by atoms with van der Waals surface area (Å²) in [7, 11) is 2.11. The molecule has 1 aliphatic heterocycles. The molecule has 0 radical (unpaired) electrons. The van der Waals surface area contributed by atoms with Crippen molar-refractivity contribution in [2.24, 2.45) is 11.7 Å². The third kappa shape index (κ3) is 3.93. The molecule has 1 heterocycles. The van der Waals surface area contributed by atoms with Crippen molar-refractivity contribution in [3.05, 3.63) is 0 Å². The lowest BCUT2D eigenvalue weighted by Gasteiger charge is -2.41. The predicted molar refractivity (Wildman–Crippen MR) is 77.9 cm³/mol. The summed E-state index contributed by atoms with van der Waals surface area (Å²) in [6, 6.07) is 0.219.